The minimum absolute atomic E-state index is 0.654. The van der Waals surface area contributed by atoms with Crippen LogP contribution >= 0.6 is 23.1 Å². The fourth-order valence-electron chi connectivity index (χ4n) is 3.39. The lowest BCUT2D eigenvalue weighted by molar-refractivity contribution is 0.276. The van der Waals surface area contributed by atoms with Crippen molar-refractivity contribution in [3.05, 3.63) is 24.3 Å². The van der Waals surface area contributed by atoms with E-state index in [1.807, 2.05) is 23.1 Å². The zero-order chi connectivity index (χ0) is 14.7. The molecule has 2 nitrogen and oxygen atoms in total. The van der Waals surface area contributed by atoms with Crippen LogP contribution in [0.15, 0.2) is 28.6 Å². The summed E-state index contributed by atoms with van der Waals surface area (Å²) in [5.41, 5.74) is 7.15. The van der Waals surface area contributed by atoms with Crippen molar-refractivity contribution >= 4 is 33.3 Å². The molecule has 3 unspecified atom stereocenters. The van der Waals surface area contributed by atoms with Crippen LogP contribution in [0.4, 0.5) is 0 Å². The van der Waals surface area contributed by atoms with Crippen molar-refractivity contribution in [2.24, 2.45) is 17.6 Å². The van der Waals surface area contributed by atoms with Crippen LogP contribution in [-0.2, 0) is 0 Å². The summed E-state index contributed by atoms with van der Waals surface area (Å²) in [5, 5.41) is 0.654. The summed E-state index contributed by atoms with van der Waals surface area (Å²) in [6.45, 7) is 3.12. The molecule has 1 saturated carbocycles. The number of aromatic nitrogens is 1. The van der Waals surface area contributed by atoms with E-state index >= 15 is 0 Å². The summed E-state index contributed by atoms with van der Waals surface area (Å²) < 4.78 is 2.52. The van der Waals surface area contributed by atoms with Crippen molar-refractivity contribution in [2.45, 2.75) is 48.6 Å². The monoisotopic (exact) mass is 320 g/mol. The Hall–Kier alpha value is -0.580. The van der Waals surface area contributed by atoms with Crippen molar-refractivity contribution in [3.8, 4) is 0 Å². The predicted molar refractivity (Wildman–Crippen MR) is 94.1 cm³/mol. The quantitative estimate of drug-likeness (QED) is 0.848. The molecule has 3 rings (SSSR count). The molecule has 0 saturated heterocycles. The van der Waals surface area contributed by atoms with Gasteiger partial charge in [0, 0.05) is 5.25 Å². The lowest BCUT2D eigenvalue weighted by Crippen LogP contribution is -2.32. The van der Waals surface area contributed by atoms with Gasteiger partial charge in [-0.1, -0.05) is 50.1 Å². The molecule has 21 heavy (non-hydrogen) atoms. The number of rotatable bonds is 5. The number of nitrogens with zero attached hydrogens (tertiary/aromatic N) is 1. The Balaban J connectivity index is 1.73. The van der Waals surface area contributed by atoms with E-state index in [9.17, 15) is 0 Å². The van der Waals surface area contributed by atoms with Gasteiger partial charge in [-0.15, -0.1) is 11.3 Å². The Kier molecular flexibility index (Phi) is 5.19. The highest BCUT2D eigenvalue weighted by Gasteiger charge is 2.30. The number of thioether (sulfide) groups is 1. The maximum atomic E-state index is 6.01. The molecule has 1 fully saturated rings. The zero-order valence-electron chi connectivity index (χ0n) is 12.6. The Morgan fingerprint density at radius 1 is 1.33 bits per heavy atom. The molecule has 1 aliphatic rings. The van der Waals surface area contributed by atoms with Gasteiger partial charge in [-0.05, 0) is 43.4 Å². The Labute approximate surface area is 135 Å². The summed E-state index contributed by atoms with van der Waals surface area (Å²) in [7, 11) is 0. The second-order valence-electron chi connectivity index (χ2n) is 6.07. The van der Waals surface area contributed by atoms with Gasteiger partial charge in [0.25, 0.3) is 0 Å². The number of hydrogen-bond donors (Lipinski definition) is 1. The Morgan fingerprint density at radius 2 is 2.19 bits per heavy atom. The zero-order valence-corrected chi connectivity index (χ0v) is 14.3. The summed E-state index contributed by atoms with van der Waals surface area (Å²) in [4.78, 5) is 4.79. The van der Waals surface area contributed by atoms with E-state index in [2.05, 4.69) is 31.2 Å². The van der Waals surface area contributed by atoms with Gasteiger partial charge in [0.1, 0.15) is 0 Å². The molecule has 0 amide bonds. The standard InChI is InChI=1S/C17H24N2S2/c1-2-5-12-8-9-13(11-18)16(10-12)21-17-19-14-6-3-4-7-15(14)20-17/h3-4,6-7,12-13,16H,2,5,8-11,18H2,1H3. The molecular formula is C17H24N2S2. The molecule has 1 heterocycles. The minimum Gasteiger partial charge on any atom is -0.330 e. The smallest absolute Gasteiger partial charge is 0.151 e. The van der Waals surface area contributed by atoms with Crippen LogP contribution in [0.3, 0.4) is 0 Å². The van der Waals surface area contributed by atoms with Gasteiger partial charge < -0.3 is 5.73 Å². The second-order valence-corrected chi connectivity index (χ2v) is 8.58. The van der Waals surface area contributed by atoms with Crippen molar-refractivity contribution in [2.75, 3.05) is 6.54 Å². The number of benzene rings is 1. The van der Waals surface area contributed by atoms with E-state index in [-0.39, 0.29) is 0 Å². The lowest BCUT2D eigenvalue weighted by atomic mass is 9.80. The van der Waals surface area contributed by atoms with Gasteiger partial charge in [-0.2, -0.15) is 0 Å². The van der Waals surface area contributed by atoms with Crippen LogP contribution in [0.2, 0.25) is 0 Å². The summed E-state index contributed by atoms with van der Waals surface area (Å²) in [5.74, 6) is 1.56. The molecule has 2 N–H and O–H groups in total. The minimum atomic E-state index is 0.654. The van der Waals surface area contributed by atoms with Crippen LogP contribution in [0.1, 0.15) is 39.0 Å². The SMILES string of the molecule is CCCC1CCC(CN)C(Sc2nc3ccccc3s2)C1. The van der Waals surface area contributed by atoms with E-state index < -0.39 is 0 Å². The number of para-hydroxylation sites is 1. The fraction of sp³-hybridized carbons (Fsp3) is 0.588. The summed E-state index contributed by atoms with van der Waals surface area (Å²) in [6, 6.07) is 8.43. The van der Waals surface area contributed by atoms with E-state index in [0.717, 1.165) is 18.0 Å². The number of thiazole rings is 1. The molecule has 3 atom stereocenters. The largest absolute Gasteiger partial charge is 0.330 e. The van der Waals surface area contributed by atoms with Crippen molar-refractivity contribution in [1.82, 2.24) is 4.98 Å². The molecule has 0 aliphatic heterocycles. The molecular weight excluding hydrogens is 296 g/mol. The van der Waals surface area contributed by atoms with E-state index in [1.165, 1.54) is 41.1 Å². The molecule has 2 aromatic rings. The number of nitrogens with two attached hydrogens (primary N) is 1. The van der Waals surface area contributed by atoms with Crippen LogP contribution in [-0.4, -0.2) is 16.8 Å². The Bertz CT molecular complexity index is 548. The average molecular weight is 321 g/mol. The average Bonchev–Trinajstić information content (AvgIpc) is 2.90. The highest BCUT2D eigenvalue weighted by Crippen LogP contribution is 2.42. The predicted octanol–water partition coefficient (Wildman–Crippen LogP) is 4.93. The van der Waals surface area contributed by atoms with Gasteiger partial charge in [0.15, 0.2) is 4.34 Å². The van der Waals surface area contributed by atoms with Crippen LogP contribution in [0, 0.1) is 11.8 Å². The highest BCUT2D eigenvalue weighted by molar-refractivity contribution is 8.01. The molecule has 1 aromatic carbocycles. The molecule has 0 bridgehead atoms. The first-order valence-electron chi connectivity index (χ1n) is 8.02. The van der Waals surface area contributed by atoms with Crippen LogP contribution in [0.5, 0.6) is 0 Å². The summed E-state index contributed by atoms with van der Waals surface area (Å²) in [6.07, 6.45) is 6.65. The van der Waals surface area contributed by atoms with Crippen LogP contribution < -0.4 is 5.73 Å². The number of hydrogen-bond acceptors (Lipinski definition) is 4. The Morgan fingerprint density at radius 3 is 2.95 bits per heavy atom. The first-order valence-corrected chi connectivity index (χ1v) is 9.72. The second kappa shape index (κ2) is 7.12. The lowest BCUT2D eigenvalue weighted by Gasteiger charge is -2.34. The summed E-state index contributed by atoms with van der Waals surface area (Å²) >= 11 is 3.81. The number of fused-ring (bicyclic) bond motifs is 1. The maximum absolute atomic E-state index is 6.01. The van der Waals surface area contributed by atoms with Gasteiger partial charge >= 0.3 is 0 Å². The van der Waals surface area contributed by atoms with Crippen molar-refractivity contribution in [3.63, 3.8) is 0 Å². The highest BCUT2D eigenvalue weighted by atomic mass is 32.2. The van der Waals surface area contributed by atoms with E-state index in [0.29, 0.717) is 11.2 Å². The van der Waals surface area contributed by atoms with Crippen molar-refractivity contribution in [1.29, 1.82) is 0 Å². The topological polar surface area (TPSA) is 38.9 Å². The third-order valence-corrected chi connectivity index (χ3v) is 7.11. The van der Waals surface area contributed by atoms with Gasteiger partial charge in [-0.3, -0.25) is 0 Å². The van der Waals surface area contributed by atoms with E-state index in [1.54, 1.807) is 0 Å². The first-order chi connectivity index (χ1) is 10.3. The molecule has 0 radical (unpaired) electrons. The van der Waals surface area contributed by atoms with Gasteiger partial charge in [-0.25, -0.2) is 4.98 Å². The normalized spacial score (nSPS) is 26.3. The van der Waals surface area contributed by atoms with Crippen LogP contribution in [0.25, 0.3) is 10.2 Å². The first kappa shape index (κ1) is 15.3. The molecule has 1 aromatic heterocycles. The molecule has 114 valence electrons. The molecule has 0 spiro atoms. The third-order valence-electron chi connectivity index (χ3n) is 4.56. The van der Waals surface area contributed by atoms with E-state index in [4.69, 9.17) is 10.7 Å². The van der Waals surface area contributed by atoms with Gasteiger partial charge in [0.05, 0.1) is 10.2 Å². The fourth-order valence-corrected chi connectivity index (χ4v) is 6.14. The van der Waals surface area contributed by atoms with Gasteiger partial charge in [0.2, 0.25) is 0 Å². The van der Waals surface area contributed by atoms with Crippen molar-refractivity contribution < 1.29 is 0 Å². The maximum Gasteiger partial charge on any atom is 0.151 e. The molecule has 4 heteroatoms. The third kappa shape index (κ3) is 3.61. The molecule has 1 aliphatic carbocycles.